The van der Waals surface area contributed by atoms with Gasteiger partial charge in [-0.15, -0.1) is 0 Å². The average Bonchev–Trinajstić information content (AvgIpc) is 2.25. The molecule has 0 radical (unpaired) electrons. The highest BCUT2D eigenvalue weighted by atomic mass is 32.2. The fourth-order valence-corrected chi connectivity index (χ4v) is 5.87. The fraction of sp³-hybridized carbons (Fsp3) is 0.846. The molecule has 0 amide bonds. The standard InChI is InChI=1S/C13H20N4S/c1-18-16-11(15-12(14)17-18)13-5-8-2-9(6-13)4-10(3-8)7-13/h8-10H,2-7H2,1H3,(H2,14,15,16,17). The zero-order valence-electron chi connectivity index (χ0n) is 10.8. The van der Waals surface area contributed by atoms with Crippen LogP contribution in [0.2, 0.25) is 0 Å². The van der Waals surface area contributed by atoms with Gasteiger partial charge in [0, 0.05) is 22.5 Å². The van der Waals surface area contributed by atoms with E-state index in [0.29, 0.717) is 5.96 Å². The van der Waals surface area contributed by atoms with Crippen molar-refractivity contribution in [3.63, 3.8) is 0 Å². The highest BCUT2D eigenvalue weighted by Crippen LogP contribution is 2.60. The number of hydrogen-bond acceptors (Lipinski definition) is 4. The first kappa shape index (κ1) is 11.1. The monoisotopic (exact) mass is 264 g/mol. The Balaban J connectivity index is 1.74. The van der Waals surface area contributed by atoms with Gasteiger partial charge in [0.05, 0.1) is 0 Å². The molecule has 1 unspecified atom stereocenters. The van der Waals surface area contributed by atoms with E-state index in [1.807, 2.05) is 6.26 Å². The first-order chi connectivity index (χ1) is 8.63. The maximum Gasteiger partial charge on any atom is 0.229 e. The van der Waals surface area contributed by atoms with Crippen molar-refractivity contribution in [2.45, 2.75) is 38.5 Å². The van der Waals surface area contributed by atoms with Crippen LogP contribution in [0.3, 0.4) is 0 Å². The molecule has 1 aliphatic heterocycles. The van der Waals surface area contributed by atoms with Crippen molar-refractivity contribution in [2.24, 2.45) is 42.7 Å². The number of nitrogens with two attached hydrogens (primary N) is 1. The Morgan fingerprint density at radius 3 is 2.17 bits per heavy atom. The van der Waals surface area contributed by atoms with Gasteiger partial charge in [-0.3, -0.25) is 0 Å². The highest BCUT2D eigenvalue weighted by molar-refractivity contribution is 7.85. The van der Waals surface area contributed by atoms with Gasteiger partial charge in [-0.25, -0.2) is 0 Å². The van der Waals surface area contributed by atoms with E-state index >= 15 is 0 Å². The van der Waals surface area contributed by atoms with Gasteiger partial charge in [0.15, 0.2) is 0 Å². The summed E-state index contributed by atoms with van der Waals surface area (Å²) in [6.07, 6.45) is 10.3. The highest BCUT2D eigenvalue weighted by Gasteiger charge is 2.53. The lowest BCUT2D eigenvalue weighted by molar-refractivity contribution is -0.0127. The molecule has 0 aromatic carbocycles. The Labute approximate surface area is 110 Å². The fourth-order valence-electron chi connectivity index (χ4n) is 5.03. The zero-order chi connectivity index (χ0) is 12.3. The molecule has 4 bridgehead atoms. The van der Waals surface area contributed by atoms with E-state index in [9.17, 15) is 0 Å². The third-order valence-corrected chi connectivity index (χ3v) is 6.07. The third-order valence-electron chi connectivity index (χ3n) is 5.18. The van der Waals surface area contributed by atoms with Crippen LogP contribution in [0.1, 0.15) is 38.5 Å². The van der Waals surface area contributed by atoms with Crippen LogP contribution in [-0.4, -0.2) is 18.1 Å². The van der Waals surface area contributed by atoms with Gasteiger partial charge in [-0.2, -0.15) is 13.8 Å². The SMILES string of the molecule is CS1=NC(C23CC4CC(CC(C4)C2)C3)=NC(N)=N1. The lowest BCUT2D eigenvalue weighted by Gasteiger charge is -2.56. The van der Waals surface area contributed by atoms with Crippen LogP contribution in [0.4, 0.5) is 0 Å². The topological polar surface area (TPSA) is 63.1 Å². The van der Waals surface area contributed by atoms with Crippen LogP contribution in [0.5, 0.6) is 0 Å². The van der Waals surface area contributed by atoms with Gasteiger partial charge in [0.25, 0.3) is 0 Å². The van der Waals surface area contributed by atoms with Crippen molar-refractivity contribution in [2.75, 3.05) is 6.26 Å². The van der Waals surface area contributed by atoms with Gasteiger partial charge in [0.2, 0.25) is 5.96 Å². The molecule has 4 fully saturated rings. The summed E-state index contributed by atoms with van der Waals surface area (Å²) in [5.41, 5.74) is 6.10. The van der Waals surface area contributed by atoms with Crippen LogP contribution in [-0.2, 0) is 10.9 Å². The molecule has 18 heavy (non-hydrogen) atoms. The third kappa shape index (κ3) is 1.59. The molecule has 98 valence electrons. The second kappa shape index (κ2) is 3.65. The number of aliphatic imine (C=N–C) groups is 1. The Kier molecular flexibility index (Phi) is 2.26. The van der Waals surface area contributed by atoms with Crippen molar-refractivity contribution < 1.29 is 0 Å². The molecule has 0 aromatic heterocycles. The second-order valence-corrected chi connectivity index (χ2v) is 7.88. The molecular weight excluding hydrogens is 244 g/mol. The summed E-state index contributed by atoms with van der Waals surface area (Å²) in [7, 11) is -0.306. The molecule has 2 N–H and O–H groups in total. The van der Waals surface area contributed by atoms with Gasteiger partial charge < -0.3 is 5.73 Å². The molecule has 1 heterocycles. The minimum Gasteiger partial charge on any atom is -0.367 e. The van der Waals surface area contributed by atoms with E-state index in [1.54, 1.807) is 0 Å². The van der Waals surface area contributed by atoms with Gasteiger partial charge in [-0.1, -0.05) is 0 Å². The smallest absolute Gasteiger partial charge is 0.229 e. The van der Waals surface area contributed by atoms with Crippen LogP contribution in [0.25, 0.3) is 0 Å². The van der Waals surface area contributed by atoms with Crippen molar-refractivity contribution in [1.29, 1.82) is 0 Å². The molecule has 0 saturated heterocycles. The number of nitrogens with zero attached hydrogens (tertiary/aromatic N) is 3. The van der Waals surface area contributed by atoms with Crippen molar-refractivity contribution in [3.8, 4) is 0 Å². The predicted molar refractivity (Wildman–Crippen MR) is 75.4 cm³/mol. The predicted octanol–water partition coefficient (Wildman–Crippen LogP) is 2.28. The summed E-state index contributed by atoms with van der Waals surface area (Å²) in [5.74, 6) is 4.26. The van der Waals surface area contributed by atoms with E-state index in [1.165, 1.54) is 38.5 Å². The zero-order valence-corrected chi connectivity index (χ0v) is 11.6. The molecule has 0 spiro atoms. The Morgan fingerprint density at radius 2 is 1.67 bits per heavy atom. The van der Waals surface area contributed by atoms with Crippen molar-refractivity contribution in [1.82, 2.24) is 0 Å². The van der Waals surface area contributed by atoms with E-state index in [4.69, 9.17) is 10.1 Å². The summed E-state index contributed by atoms with van der Waals surface area (Å²) in [6.45, 7) is 0. The molecule has 4 saturated carbocycles. The van der Waals surface area contributed by atoms with E-state index in [0.717, 1.165) is 23.6 Å². The Bertz CT molecular complexity index is 453. The first-order valence-electron chi connectivity index (χ1n) is 6.94. The van der Waals surface area contributed by atoms with Gasteiger partial charge >= 0.3 is 0 Å². The van der Waals surface area contributed by atoms with Crippen LogP contribution >= 0.6 is 0 Å². The quantitative estimate of drug-likeness (QED) is 0.776. The lowest BCUT2D eigenvalue weighted by atomic mass is 9.49. The maximum atomic E-state index is 5.84. The number of rotatable bonds is 1. The molecule has 4 aliphatic carbocycles. The van der Waals surface area contributed by atoms with Crippen LogP contribution in [0, 0.1) is 23.2 Å². The average molecular weight is 264 g/mol. The molecule has 5 heteroatoms. The Morgan fingerprint density at radius 1 is 1.11 bits per heavy atom. The minimum absolute atomic E-state index is 0.260. The van der Waals surface area contributed by atoms with Crippen LogP contribution in [0.15, 0.2) is 13.8 Å². The molecule has 1 atom stereocenters. The van der Waals surface area contributed by atoms with Gasteiger partial charge in [0.1, 0.15) is 5.84 Å². The number of amidine groups is 1. The summed E-state index contributed by atoms with van der Waals surface area (Å²) in [6, 6.07) is 0. The Hall–Kier alpha value is -0.710. The van der Waals surface area contributed by atoms with Crippen molar-refractivity contribution in [3.05, 3.63) is 0 Å². The molecule has 5 aliphatic rings. The minimum atomic E-state index is -0.306. The van der Waals surface area contributed by atoms with E-state index in [2.05, 4.69) is 9.39 Å². The molecule has 4 nitrogen and oxygen atoms in total. The van der Waals surface area contributed by atoms with E-state index < -0.39 is 0 Å². The summed E-state index contributed by atoms with van der Waals surface area (Å²) >= 11 is 0. The van der Waals surface area contributed by atoms with E-state index in [-0.39, 0.29) is 16.3 Å². The number of guanidine groups is 1. The second-order valence-electron chi connectivity index (χ2n) is 6.62. The van der Waals surface area contributed by atoms with Crippen molar-refractivity contribution >= 4 is 22.7 Å². The summed E-state index contributed by atoms with van der Waals surface area (Å²) < 4.78 is 8.96. The van der Waals surface area contributed by atoms with Gasteiger partial charge in [-0.05, 0) is 56.3 Å². The molecule has 5 rings (SSSR count). The van der Waals surface area contributed by atoms with Crippen LogP contribution < -0.4 is 5.73 Å². The largest absolute Gasteiger partial charge is 0.367 e. The first-order valence-corrected chi connectivity index (χ1v) is 8.49. The summed E-state index contributed by atoms with van der Waals surface area (Å²) in [5, 5.41) is 0. The molecule has 0 aromatic rings. The lowest BCUT2D eigenvalue weighted by Crippen LogP contribution is -2.50. The summed E-state index contributed by atoms with van der Waals surface area (Å²) in [4.78, 5) is 4.51. The maximum absolute atomic E-state index is 5.84. The molecular formula is C13H20N4S. The normalized spacial score (nSPS) is 49.6. The number of hydrogen-bond donors (Lipinski definition) is 1.